The molecule has 0 fully saturated rings. The normalized spacial score (nSPS) is 11.6. The predicted molar refractivity (Wildman–Crippen MR) is 105 cm³/mol. The second-order valence-corrected chi connectivity index (χ2v) is 8.54. The van der Waals surface area contributed by atoms with Gasteiger partial charge in [0, 0.05) is 41.8 Å². The summed E-state index contributed by atoms with van der Waals surface area (Å²) in [7, 11) is -3.62. The van der Waals surface area contributed by atoms with Crippen LogP contribution in [-0.2, 0) is 16.6 Å². The standard InChI is InChI=1S/C19H16N4O2S2/c24-27(25,18-6-4-17(5-7-18)23-9-2-8-21-23)22-13-15-11-16(14-20-12-15)19-3-1-10-26-19/h1-12,14,22H,13H2. The minimum absolute atomic E-state index is 0.176. The van der Waals surface area contributed by atoms with E-state index < -0.39 is 10.0 Å². The summed E-state index contributed by atoms with van der Waals surface area (Å²) in [6.07, 6.45) is 6.91. The molecule has 0 saturated heterocycles. The SMILES string of the molecule is O=S(=O)(NCc1cncc(-c2cccs2)c1)c1ccc(-n2cccn2)cc1. The van der Waals surface area contributed by atoms with E-state index in [4.69, 9.17) is 0 Å². The molecule has 8 heteroatoms. The quantitative estimate of drug-likeness (QED) is 0.541. The van der Waals surface area contributed by atoms with Gasteiger partial charge in [-0.1, -0.05) is 6.07 Å². The fourth-order valence-corrected chi connectivity index (χ4v) is 4.35. The van der Waals surface area contributed by atoms with Crippen molar-refractivity contribution in [3.8, 4) is 16.1 Å². The number of nitrogens with zero attached hydrogens (tertiary/aromatic N) is 3. The zero-order chi connectivity index (χ0) is 18.7. The van der Waals surface area contributed by atoms with E-state index in [1.54, 1.807) is 65.1 Å². The molecule has 0 aliphatic heterocycles. The molecule has 136 valence electrons. The van der Waals surface area contributed by atoms with Crippen molar-refractivity contribution in [1.29, 1.82) is 0 Å². The van der Waals surface area contributed by atoms with Crippen LogP contribution in [-0.4, -0.2) is 23.2 Å². The van der Waals surface area contributed by atoms with Gasteiger partial charge < -0.3 is 0 Å². The fourth-order valence-electron chi connectivity index (χ4n) is 2.62. The smallest absolute Gasteiger partial charge is 0.240 e. The van der Waals surface area contributed by atoms with Gasteiger partial charge in [0.05, 0.1) is 10.6 Å². The molecule has 0 atom stereocenters. The molecule has 0 bridgehead atoms. The summed E-state index contributed by atoms with van der Waals surface area (Å²) < 4.78 is 29.4. The highest BCUT2D eigenvalue weighted by molar-refractivity contribution is 7.89. The van der Waals surface area contributed by atoms with E-state index in [0.717, 1.165) is 21.7 Å². The van der Waals surface area contributed by atoms with E-state index in [0.29, 0.717) is 0 Å². The molecular weight excluding hydrogens is 380 g/mol. The van der Waals surface area contributed by atoms with Gasteiger partial charge in [-0.25, -0.2) is 17.8 Å². The van der Waals surface area contributed by atoms with Crippen molar-refractivity contribution in [2.75, 3.05) is 0 Å². The number of aromatic nitrogens is 3. The minimum atomic E-state index is -3.62. The molecule has 3 aromatic heterocycles. The third-order valence-corrected chi connectivity index (χ3v) is 6.32. The van der Waals surface area contributed by atoms with Crippen molar-refractivity contribution in [3.05, 3.63) is 84.3 Å². The van der Waals surface area contributed by atoms with Gasteiger partial charge in [0.25, 0.3) is 0 Å². The van der Waals surface area contributed by atoms with E-state index in [9.17, 15) is 8.42 Å². The molecular formula is C19H16N4O2S2. The Hall–Kier alpha value is -2.81. The maximum absolute atomic E-state index is 12.6. The lowest BCUT2D eigenvalue weighted by Crippen LogP contribution is -2.23. The highest BCUT2D eigenvalue weighted by Gasteiger charge is 2.14. The van der Waals surface area contributed by atoms with Crippen LogP contribution < -0.4 is 4.72 Å². The average molecular weight is 396 g/mol. The maximum Gasteiger partial charge on any atom is 0.240 e. The van der Waals surface area contributed by atoms with Crippen LogP contribution in [0.4, 0.5) is 0 Å². The lowest BCUT2D eigenvalue weighted by Gasteiger charge is -2.08. The number of hydrogen-bond donors (Lipinski definition) is 1. The molecule has 0 aliphatic rings. The highest BCUT2D eigenvalue weighted by atomic mass is 32.2. The first-order valence-electron chi connectivity index (χ1n) is 8.19. The van der Waals surface area contributed by atoms with Crippen LogP contribution in [0.5, 0.6) is 0 Å². The van der Waals surface area contributed by atoms with Crippen molar-refractivity contribution in [3.63, 3.8) is 0 Å². The summed E-state index contributed by atoms with van der Waals surface area (Å²) in [5.41, 5.74) is 2.58. The molecule has 1 N–H and O–H groups in total. The maximum atomic E-state index is 12.6. The molecule has 6 nitrogen and oxygen atoms in total. The highest BCUT2D eigenvalue weighted by Crippen LogP contribution is 2.24. The van der Waals surface area contributed by atoms with Gasteiger partial charge in [-0.3, -0.25) is 4.98 Å². The number of rotatable bonds is 6. The van der Waals surface area contributed by atoms with Gasteiger partial charge in [0.1, 0.15) is 0 Å². The van der Waals surface area contributed by atoms with Crippen LogP contribution in [0.3, 0.4) is 0 Å². The number of nitrogens with one attached hydrogen (secondary N) is 1. The Balaban J connectivity index is 1.48. The van der Waals surface area contributed by atoms with Crippen LogP contribution in [0.25, 0.3) is 16.1 Å². The largest absolute Gasteiger partial charge is 0.264 e. The second-order valence-electron chi connectivity index (χ2n) is 5.83. The average Bonchev–Trinajstić information content (AvgIpc) is 3.41. The van der Waals surface area contributed by atoms with Gasteiger partial charge in [-0.05, 0) is 53.4 Å². The van der Waals surface area contributed by atoms with E-state index in [1.165, 1.54) is 0 Å². The van der Waals surface area contributed by atoms with Crippen molar-refractivity contribution in [2.24, 2.45) is 0 Å². The van der Waals surface area contributed by atoms with Crippen LogP contribution in [0, 0.1) is 0 Å². The third kappa shape index (κ3) is 3.97. The number of hydrogen-bond acceptors (Lipinski definition) is 5. The molecule has 4 aromatic rings. The molecule has 3 heterocycles. The van der Waals surface area contributed by atoms with Gasteiger partial charge in [-0.2, -0.15) is 5.10 Å². The molecule has 0 unspecified atom stereocenters. The minimum Gasteiger partial charge on any atom is -0.264 e. The summed E-state index contributed by atoms with van der Waals surface area (Å²) in [6.45, 7) is 0.176. The topological polar surface area (TPSA) is 76.9 Å². The Morgan fingerprint density at radius 1 is 1.07 bits per heavy atom. The Labute approximate surface area is 161 Å². The van der Waals surface area contributed by atoms with E-state index in [1.807, 2.05) is 29.6 Å². The first-order valence-corrected chi connectivity index (χ1v) is 10.6. The van der Waals surface area contributed by atoms with E-state index in [-0.39, 0.29) is 11.4 Å². The fraction of sp³-hybridized carbons (Fsp3) is 0.0526. The molecule has 0 aliphatic carbocycles. The number of pyridine rings is 1. The van der Waals surface area contributed by atoms with Gasteiger partial charge >= 0.3 is 0 Å². The molecule has 1 aromatic carbocycles. The summed E-state index contributed by atoms with van der Waals surface area (Å²) >= 11 is 1.62. The van der Waals surface area contributed by atoms with Crippen molar-refractivity contribution < 1.29 is 8.42 Å². The van der Waals surface area contributed by atoms with E-state index in [2.05, 4.69) is 14.8 Å². The summed E-state index contributed by atoms with van der Waals surface area (Å²) in [4.78, 5) is 5.52. The third-order valence-electron chi connectivity index (χ3n) is 3.98. The van der Waals surface area contributed by atoms with Crippen LogP contribution in [0.1, 0.15) is 5.56 Å². The number of sulfonamides is 1. The molecule has 0 saturated carbocycles. The first-order chi connectivity index (χ1) is 13.1. The van der Waals surface area contributed by atoms with Crippen LogP contribution in [0.15, 0.2) is 83.6 Å². The Morgan fingerprint density at radius 3 is 2.63 bits per heavy atom. The van der Waals surface area contributed by atoms with Crippen molar-refractivity contribution >= 4 is 21.4 Å². The van der Waals surface area contributed by atoms with Crippen LogP contribution in [0.2, 0.25) is 0 Å². The summed E-state index contributed by atoms with van der Waals surface area (Å²) in [5, 5.41) is 6.13. The molecule has 0 amide bonds. The Bertz CT molecular complexity index is 1120. The van der Waals surface area contributed by atoms with Crippen molar-refractivity contribution in [1.82, 2.24) is 19.5 Å². The van der Waals surface area contributed by atoms with Gasteiger partial charge in [0.15, 0.2) is 0 Å². The number of thiophene rings is 1. The molecule has 27 heavy (non-hydrogen) atoms. The zero-order valence-corrected chi connectivity index (χ0v) is 15.8. The lowest BCUT2D eigenvalue weighted by atomic mass is 10.2. The van der Waals surface area contributed by atoms with Gasteiger partial charge in [-0.15, -0.1) is 11.3 Å². The molecule has 0 radical (unpaired) electrons. The summed E-state index contributed by atoms with van der Waals surface area (Å²) in [6, 6.07) is 14.3. The monoisotopic (exact) mass is 396 g/mol. The number of benzene rings is 1. The van der Waals surface area contributed by atoms with E-state index >= 15 is 0 Å². The van der Waals surface area contributed by atoms with Gasteiger partial charge in [0.2, 0.25) is 10.0 Å². The molecule has 0 spiro atoms. The summed E-state index contributed by atoms with van der Waals surface area (Å²) in [5.74, 6) is 0. The first kappa shape index (κ1) is 17.6. The Morgan fingerprint density at radius 2 is 1.93 bits per heavy atom. The Kier molecular flexibility index (Phi) is 4.85. The molecule has 4 rings (SSSR count). The van der Waals surface area contributed by atoms with Crippen LogP contribution >= 0.6 is 11.3 Å². The predicted octanol–water partition coefficient (Wildman–Crippen LogP) is 3.47. The second kappa shape index (κ2) is 7.43. The zero-order valence-electron chi connectivity index (χ0n) is 14.2. The lowest BCUT2D eigenvalue weighted by molar-refractivity contribution is 0.581. The van der Waals surface area contributed by atoms with Crippen molar-refractivity contribution in [2.45, 2.75) is 11.4 Å².